The molecule has 2 aromatic carbocycles. The van der Waals surface area contributed by atoms with E-state index in [1.54, 1.807) is 0 Å². The largest absolute Gasteiger partial charge is 0.691 e. The number of nitrogens with zero attached hydrogens (tertiary/aromatic N) is 3. The minimum Gasteiger partial charge on any atom is -0.691 e. The number of carbonyl (C=O) groups is 1. The van der Waals surface area contributed by atoms with Gasteiger partial charge >= 0.3 is 5.97 Å². The Morgan fingerprint density at radius 3 is 2.24 bits per heavy atom. The van der Waals surface area contributed by atoms with Crippen LogP contribution in [0.2, 0.25) is 0 Å². The SMILES string of the molecule is O=Nc1ccc(/[N+]([O-])=N/Nc2ccc(C(=O)O)cc2)cc1. The normalized spacial score (nSPS) is 11.0. The third kappa shape index (κ3) is 3.60. The molecule has 0 aromatic heterocycles. The molecule has 8 heteroatoms. The molecule has 0 amide bonds. The summed E-state index contributed by atoms with van der Waals surface area (Å²) in [5.74, 6) is -1.03. The molecule has 0 fully saturated rings. The topological polar surface area (TPSA) is 117 Å². The van der Waals surface area contributed by atoms with E-state index in [1.165, 1.54) is 48.5 Å². The van der Waals surface area contributed by atoms with Crippen molar-refractivity contribution in [2.24, 2.45) is 10.4 Å². The van der Waals surface area contributed by atoms with Crippen molar-refractivity contribution in [3.63, 3.8) is 0 Å². The lowest BCUT2D eigenvalue weighted by Crippen LogP contribution is -1.99. The van der Waals surface area contributed by atoms with Crippen LogP contribution in [0.4, 0.5) is 17.1 Å². The minimum atomic E-state index is -1.03. The summed E-state index contributed by atoms with van der Waals surface area (Å²) in [6.07, 6.45) is 0. The lowest BCUT2D eigenvalue weighted by molar-refractivity contribution is -0.439. The number of rotatable bonds is 5. The highest BCUT2D eigenvalue weighted by Gasteiger charge is 2.04. The standard InChI is InChI=1S/C13H10N4O4/c18-13(19)9-1-3-10(4-2-9)14-16-17(21)12-7-5-11(15-20)6-8-12/h1-8,14H,(H,18,19)/b17-16-. The number of nitroso groups, excluding NO2 is 1. The number of anilines is 1. The number of carboxylic acid groups (broad SMARTS) is 1. The Morgan fingerprint density at radius 2 is 1.71 bits per heavy atom. The van der Waals surface area contributed by atoms with Crippen LogP contribution in [0.5, 0.6) is 0 Å². The zero-order valence-corrected chi connectivity index (χ0v) is 10.6. The first-order valence-electron chi connectivity index (χ1n) is 5.81. The van der Waals surface area contributed by atoms with Crippen LogP contribution in [-0.2, 0) is 0 Å². The van der Waals surface area contributed by atoms with Crippen molar-refractivity contribution in [2.75, 3.05) is 5.43 Å². The molecular formula is C13H10N4O4. The van der Waals surface area contributed by atoms with Gasteiger partial charge in [-0.05, 0) is 53.7 Å². The van der Waals surface area contributed by atoms with Crippen LogP contribution in [0.15, 0.2) is 58.9 Å². The molecule has 21 heavy (non-hydrogen) atoms. The molecule has 2 N–H and O–H groups in total. The molecule has 0 aliphatic carbocycles. The molecule has 2 aromatic rings. The van der Waals surface area contributed by atoms with Crippen molar-refractivity contribution in [1.82, 2.24) is 0 Å². The van der Waals surface area contributed by atoms with Crippen molar-refractivity contribution in [2.45, 2.75) is 0 Å². The number of aromatic carboxylic acids is 1. The molecule has 0 bridgehead atoms. The molecule has 0 heterocycles. The highest BCUT2D eigenvalue weighted by molar-refractivity contribution is 5.87. The molecule has 0 radical (unpaired) electrons. The van der Waals surface area contributed by atoms with Crippen LogP contribution >= 0.6 is 0 Å². The van der Waals surface area contributed by atoms with Crippen molar-refractivity contribution < 1.29 is 14.8 Å². The van der Waals surface area contributed by atoms with Gasteiger partial charge in [-0.2, -0.15) is 0 Å². The second-order valence-electron chi connectivity index (χ2n) is 3.97. The second-order valence-corrected chi connectivity index (χ2v) is 3.97. The van der Waals surface area contributed by atoms with E-state index in [0.29, 0.717) is 10.5 Å². The molecule has 0 aliphatic heterocycles. The Hall–Kier alpha value is -3.29. The predicted octanol–water partition coefficient (Wildman–Crippen LogP) is 3.40. The van der Waals surface area contributed by atoms with Gasteiger partial charge in [-0.1, -0.05) is 0 Å². The van der Waals surface area contributed by atoms with E-state index < -0.39 is 5.97 Å². The maximum atomic E-state index is 11.7. The fourth-order valence-corrected chi connectivity index (χ4v) is 1.49. The summed E-state index contributed by atoms with van der Waals surface area (Å²) in [4.78, 5) is 21.3. The fraction of sp³-hybridized carbons (Fsp3) is 0. The summed E-state index contributed by atoms with van der Waals surface area (Å²) in [6, 6.07) is 11.3. The van der Waals surface area contributed by atoms with Gasteiger partial charge in [-0.3, -0.25) is 0 Å². The zero-order chi connectivity index (χ0) is 15.2. The first kappa shape index (κ1) is 14.1. The van der Waals surface area contributed by atoms with E-state index in [9.17, 15) is 14.9 Å². The maximum Gasteiger partial charge on any atom is 0.335 e. The molecule has 0 spiro atoms. The predicted molar refractivity (Wildman–Crippen MR) is 74.6 cm³/mol. The first-order chi connectivity index (χ1) is 10.1. The van der Waals surface area contributed by atoms with Crippen molar-refractivity contribution in [3.05, 3.63) is 64.2 Å². The van der Waals surface area contributed by atoms with Crippen molar-refractivity contribution >= 4 is 23.0 Å². The summed E-state index contributed by atoms with van der Waals surface area (Å²) < 4.78 is 0. The Bertz CT molecular complexity index is 680. The summed E-state index contributed by atoms with van der Waals surface area (Å²) in [7, 11) is 0. The average Bonchev–Trinajstić information content (AvgIpc) is 2.53. The van der Waals surface area contributed by atoms with E-state index >= 15 is 0 Å². The smallest absolute Gasteiger partial charge is 0.335 e. The summed E-state index contributed by atoms with van der Waals surface area (Å²) in [5, 5.41) is 26.7. The summed E-state index contributed by atoms with van der Waals surface area (Å²) in [6.45, 7) is 0. The van der Waals surface area contributed by atoms with Gasteiger partial charge in [0.05, 0.1) is 10.8 Å². The van der Waals surface area contributed by atoms with Gasteiger partial charge in [0.15, 0.2) is 5.69 Å². The third-order valence-electron chi connectivity index (χ3n) is 2.58. The van der Waals surface area contributed by atoms with Gasteiger partial charge in [0.2, 0.25) is 0 Å². The number of benzene rings is 2. The molecule has 0 saturated carbocycles. The van der Waals surface area contributed by atoms with Crippen molar-refractivity contribution in [1.29, 1.82) is 0 Å². The van der Waals surface area contributed by atoms with Crippen LogP contribution in [0.25, 0.3) is 0 Å². The monoisotopic (exact) mass is 286 g/mol. The molecule has 0 aliphatic rings. The van der Waals surface area contributed by atoms with E-state index in [2.05, 4.69) is 15.8 Å². The van der Waals surface area contributed by atoms with E-state index in [4.69, 9.17) is 5.11 Å². The first-order valence-corrected chi connectivity index (χ1v) is 5.81. The highest BCUT2D eigenvalue weighted by Crippen LogP contribution is 2.18. The Balaban J connectivity index is 2.08. The molecule has 0 saturated heterocycles. The van der Waals surface area contributed by atoms with Crippen LogP contribution in [-0.4, -0.2) is 15.9 Å². The average molecular weight is 286 g/mol. The van der Waals surface area contributed by atoms with Gasteiger partial charge in [-0.15, -0.1) is 15.2 Å². The minimum absolute atomic E-state index is 0.136. The van der Waals surface area contributed by atoms with Crippen molar-refractivity contribution in [3.8, 4) is 0 Å². The lowest BCUT2D eigenvalue weighted by Gasteiger charge is -2.05. The molecule has 0 atom stereocenters. The number of carboxylic acids is 1. The van der Waals surface area contributed by atoms with Gasteiger partial charge in [0.25, 0.3) is 0 Å². The Morgan fingerprint density at radius 1 is 1.10 bits per heavy atom. The third-order valence-corrected chi connectivity index (χ3v) is 2.58. The van der Waals surface area contributed by atoms with Crippen LogP contribution < -0.4 is 5.43 Å². The van der Waals surface area contributed by atoms with Gasteiger partial charge in [0, 0.05) is 0 Å². The van der Waals surface area contributed by atoms with E-state index in [1.807, 2.05) is 0 Å². The molecule has 8 nitrogen and oxygen atoms in total. The number of nitrogens with one attached hydrogen (secondary N) is 1. The maximum absolute atomic E-state index is 11.7. The Kier molecular flexibility index (Phi) is 4.20. The van der Waals surface area contributed by atoms with Gasteiger partial charge in [0.1, 0.15) is 11.4 Å². The zero-order valence-electron chi connectivity index (χ0n) is 10.6. The quantitative estimate of drug-likeness (QED) is 0.378. The van der Waals surface area contributed by atoms with Gasteiger partial charge in [-0.25, -0.2) is 4.79 Å². The highest BCUT2D eigenvalue weighted by atomic mass is 16.5. The summed E-state index contributed by atoms with van der Waals surface area (Å²) >= 11 is 0. The number of hydrogen-bond donors (Lipinski definition) is 2. The van der Waals surface area contributed by atoms with E-state index in [-0.39, 0.29) is 16.9 Å². The Labute approximate surface area is 118 Å². The van der Waals surface area contributed by atoms with Crippen LogP contribution in [0, 0.1) is 10.1 Å². The summed E-state index contributed by atoms with van der Waals surface area (Å²) in [5.41, 5.74) is 3.53. The number of hydrogen-bond acceptors (Lipinski definition) is 5. The molecule has 106 valence electrons. The van der Waals surface area contributed by atoms with Gasteiger partial charge < -0.3 is 10.3 Å². The second kappa shape index (κ2) is 6.24. The molecule has 2 rings (SSSR count). The fourth-order valence-electron chi connectivity index (χ4n) is 1.49. The molecular weight excluding hydrogens is 276 g/mol. The molecule has 0 unspecified atom stereocenters. The van der Waals surface area contributed by atoms with E-state index in [0.717, 1.165) is 0 Å². The van der Waals surface area contributed by atoms with Crippen LogP contribution in [0.1, 0.15) is 10.4 Å². The van der Waals surface area contributed by atoms with Crippen LogP contribution in [0.3, 0.4) is 0 Å². The lowest BCUT2D eigenvalue weighted by atomic mass is 10.2.